The van der Waals surface area contributed by atoms with Crippen molar-refractivity contribution in [2.24, 2.45) is 5.73 Å². The van der Waals surface area contributed by atoms with Crippen molar-refractivity contribution in [2.75, 3.05) is 25.6 Å². The molecule has 3 aromatic heterocycles. The normalized spacial score (nSPS) is 18.5. The fraction of sp³-hybridized carbons (Fsp3) is 0.478. The molecule has 12 heteroatoms. The number of nitrogens with one attached hydrogen (secondary N) is 1. The highest BCUT2D eigenvalue weighted by molar-refractivity contribution is 5.80. The Morgan fingerprint density at radius 1 is 1.17 bits per heavy atom. The molecule has 0 unspecified atom stereocenters. The molecule has 0 bridgehead atoms. The third-order valence-electron chi connectivity index (χ3n) is 5.91. The molecule has 188 valence electrons. The third-order valence-corrected chi connectivity index (χ3v) is 5.91. The molecule has 3 N–H and O–H groups in total. The maximum Gasteiger partial charge on any atom is 0.411 e. The van der Waals surface area contributed by atoms with Gasteiger partial charge in [-0.2, -0.15) is 13.2 Å². The number of halogens is 3. The third kappa shape index (κ3) is 6.25. The largest absolute Gasteiger partial charge is 0.481 e. The summed E-state index contributed by atoms with van der Waals surface area (Å²) < 4.78 is 48.8. The second-order valence-corrected chi connectivity index (χ2v) is 8.49. The van der Waals surface area contributed by atoms with E-state index in [1.54, 1.807) is 24.4 Å². The zero-order chi connectivity index (χ0) is 25.0. The number of nitrogens with zero attached hydrogens (tertiary/aromatic N) is 4. The molecule has 3 aromatic rings. The van der Waals surface area contributed by atoms with Crippen LogP contribution in [0.5, 0.6) is 5.88 Å². The van der Waals surface area contributed by atoms with Crippen LogP contribution in [-0.2, 0) is 11.3 Å². The average molecular weight is 493 g/mol. The Kier molecular flexibility index (Phi) is 7.51. The van der Waals surface area contributed by atoms with E-state index in [-0.39, 0.29) is 31.1 Å². The minimum Gasteiger partial charge on any atom is -0.481 e. The van der Waals surface area contributed by atoms with Crippen LogP contribution in [0.4, 0.5) is 19.0 Å². The van der Waals surface area contributed by atoms with Crippen LogP contribution >= 0.6 is 0 Å². The number of pyridine rings is 2. The zero-order valence-electron chi connectivity index (χ0n) is 19.2. The second kappa shape index (κ2) is 10.6. The van der Waals surface area contributed by atoms with Gasteiger partial charge in [0.05, 0.1) is 31.1 Å². The molecule has 0 spiro atoms. The molecule has 1 fully saturated rings. The van der Waals surface area contributed by atoms with Crippen LogP contribution < -0.4 is 21.3 Å². The van der Waals surface area contributed by atoms with E-state index in [2.05, 4.69) is 20.3 Å². The van der Waals surface area contributed by atoms with Gasteiger partial charge >= 0.3 is 6.18 Å². The van der Waals surface area contributed by atoms with Crippen LogP contribution in [-0.4, -0.2) is 58.1 Å². The summed E-state index contributed by atoms with van der Waals surface area (Å²) in [5, 5.41) is 3.20. The van der Waals surface area contributed by atoms with Gasteiger partial charge in [0, 0.05) is 36.5 Å². The maximum atomic E-state index is 13.3. The molecule has 1 aliphatic carbocycles. The van der Waals surface area contributed by atoms with Gasteiger partial charge in [-0.1, -0.05) is 0 Å². The number of hydrogen-bond acceptors (Lipinski definition) is 8. The molecule has 0 aliphatic heterocycles. The molecule has 0 saturated heterocycles. The highest BCUT2D eigenvalue weighted by atomic mass is 19.4. The molecule has 4 rings (SSSR count). The van der Waals surface area contributed by atoms with Crippen molar-refractivity contribution >= 4 is 16.9 Å². The highest BCUT2D eigenvalue weighted by Gasteiger charge is 2.27. The van der Waals surface area contributed by atoms with Gasteiger partial charge in [-0.25, -0.2) is 9.97 Å². The number of nitrogens with two attached hydrogens (primary N) is 1. The van der Waals surface area contributed by atoms with Gasteiger partial charge in [-0.15, -0.1) is 0 Å². The van der Waals surface area contributed by atoms with Crippen LogP contribution in [0.1, 0.15) is 25.7 Å². The lowest BCUT2D eigenvalue weighted by molar-refractivity contribution is -0.174. The quantitative estimate of drug-likeness (QED) is 0.461. The van der Waals surface area contributed by atoms with Crippen molar-refractivity contribution in [3.8, 4) is 17.1 Å². The number of rotatable bonds is 8. The lowest BCUT2D eigenvalue weighted by Gasteiger charge is -2.27. The standard InChI is InChI=1S/C23H27F3N6O3/c1-34-20-7-2-14(11-29-20)17-10-19-18(12-28-17)31-21(30-16-5-3-15(27)4-6-16)22(33)32(19)8-9-35-13-23(24,25)26/h2,7,10-12,15-16H,3-6,8-9,13,27H2,1H3,(H,30,31). The topological polar surface area (TPSA) is 117 Å². The van der Waals surface area contributed by atoms with Crippen LogP contribution in [0.25, 0.3) is 22.3 Å². The van der Waals surface area contributed by atoms with E-state index in [1.807, 2.05) is 0 Å². The van der Waals surface area contributed by atoms with E-state index >= 15 is 0 Å². The summed E-state index contributed by atoms with van der Waals surface area (Å²) in [4.78, 5) is 26.4. The maximum absolute atomic E-state index is 13.3. The predicted molar refractivity (Wildman–Crippen MR) is 124 cm³/mol. The van der Waals surface area contributed by atoms with Crippen molar-refractivity contribution in [3.63, 3.8) is 0 Å². The van der Waals surface area contributed by atoms with Gasteiger partial charge in [0.1, 0.15) is 12.1 Å². The Labute approximate surface area is 199 Å². The fourth-order valence-corrected chi connectivity index (χ4v) is 4.07. The van der Waals surface area contributed by atoms with E-state index in [1.165, 1.54) is 17.9 Å². The first-order valence-corrected chi connectivity index (χ1v) is 11.3. The number of aromatic nitrogens is 4. The smallest absolute Gasteiger partial charge is 0.411 e. The molecule has 35 heavy (non-hydrogen) atoms. The van der Waals surface area contributed by atoms with Crippen molar-refractivity contribution < 1.29 is 22.6 Å². The monoisotopic (exact) mass is 492 g/mol. The summed E-state index contributed by atoms with van der Waals surface area (Å²) in [5.41, 5.74) is 7.61. The number of ether oxygens (including phenoxy) is 2. The molecule has 0 amide bonds. The van der Waals surface area contributed by atoms with Gasteiger partial charge in [0.25, 0.3) is 5.56 Å². The molecule has 3 heterocycles. The summed E-state index contributed by atoms with van der Waals surface area (Å²) >= 11 is 0. The molecule has 0 aromatic carbocycles. The van der Waals surface area contributed by atoms with Crippen molar-refractivity contribution in [1.82, 2.24) is 19.5 Å². The molecule has 0 atom stereocenters. The van der Waals surface area contributed by atoms with Crippen LogP contribution in [0.2, 0.25) is 0 Å². The predicted octanol–water partition coefficient (Wildman–Crippen LogP) is 3.12. The molecular weight excluding hydrogens is 465 g/mol. The SMILES string of the molecule is COc1ccc(-c2cc3c(cn2)nc(NC2CCC(N)CC2)c(=O)n3CCOCC(F)(F)F)cn1. The number of methoxy groups -OCH3 is 1. The molecular formula is C23H27F3N6O3. The lowest BCUT2D eigenvalue weighted by Crippen LogP contribution is -2.36. The first-order valence-electron chi connectivity index (χ1n) is 11.3. The van der Waals surface area contributed by atoms with Crippen molar-refractivity contribution in [3.05, 3.63) is 40.9 Å². The number of alkyl halides is 3. The number of hydrogen-bond donors (Lipinski definition) is 2. The lowest BCUT2D eigenvalue weighted by atomic mass is 9.92. The van der Waals surface area contributed by atoms with E-state index in [4.69, 9.17) is 15.2 Å². The average Bonchev–Trinajstić information content (AvgIpc) is 2.84. The molecule has 0 radical (unpaired) electrons. The fourth-order valence-electron chi connectivity index (χ4n) is 4.07. The van der Waals surface area contributed by atoms with Crippen molar-refractivity contribution in [1.29, 1.82) is 0 Å². The summed E-state index contributed by atoms with van der Waals surface area (Å²) in [5.74, 6) is 0.573. The Morgan fingerprint density at radius 3 is 2.60 bits per heavy atom. The van der Waals surface area contributed by atoms with E-state index < -0.39 is 18.3 Å². The number of anilines is 1. The summed E-state index contributed by atoms with van der Waals surface area (Å²) in [6.45, 7) is -1.76. The first kappa shape index (κ1) is 24.9. The van der Waals surface area contributed by atoms with Gasteiger partial charge in [-0.05, 0) is 37.8 Å². The van der Waals surface area contributed by atoms with E-state index in [9.17, 15) is 18.0 Å². The van der Waals surface area contributed by atoms with E-state index in [0.717, 1.165) is 25.7 Å². The Morgan fingerprint density at radius 2 is 1.94 bits per heavy atom. The molecule has 9 nitrogen and oxygen atoms in total. The van der Waals surface area contributed by atoms with Gasteiger partial charge in [-0.3, -0.25) is 9.78 Å². The van der Waals surface area contributed by atoms with Crippen LogP contribution in [0.15, 0.2) is 35.4 Å². The Balaban J connectivity index is 1.68. The van der Waals surface area contributed by atoms with Gasteiger partial charge in [0.15, 0.2) is 5.82 Å². The molecule has 1 aliphatic rings. The van der Waals surface area contributed by atoms with E-state index in [0.29, 0.717) is 28.2 Å². The summed E-state index contributed by atoms with van der Waals surface area (Å²) in [6, 6.07) is 5.31. The minimum atomic E-state index is -4.45. The van der Waals surface area contributed by atoms with Gasteiger partial charge in [0.2, 0.25) is 5.88 Å². The Hall–Kier alpha value is -3.25. The van der Waals surface area contributed by atoms with Crippen molar-refractivity contribution in [2.45, 2.75) is 50.5 Å². The highest BCUT2D eigenvalue weighted by Crippen LogP contribution is 2.24. The number of fused-ring (bicyclic) bond motifs is 1. The summed E-state index contributed by atoms with van der Waals surface area (Å²) in [6.07, 6.45) is 1.95. The first-order chi connectivity index (χ1) is 16.7. The molecule has 1 saturated carbocycles. The zero-order valence-corrected chi connectivity index (χ0v) is 19.2. The van der Waals surface area contributed by atoms with Gasteiger partial charge < -0.3 is 25.1 Å². The summed E-state index contributed by atoms with van der Waals surface area (Å²) in [7, 11) is 1.51. The van der Waals surface area contributed by atoms with Crippen LogP contribution in [0, 0.1) is 0 Å². The minimum absolute atomic E-state index is 0.0417. The van der Waals surface area contributed by atoms with Crippen LogP contribution in [0.3, 0.4) is 0 Å². The Bertz CT molecular complexity index is 1210. The second-order valence-electron chi connectivity index (χ2n) is 8.49.